The summed E-state index contributed by atoms with van der Waals surface area (Å²) in [4.78, 5) is 21.7. The Morgan fingerprint density at radius 3 is 2.44 bits per heavy atom. The van der Waals surface area contributed by atoms with E-state index in [9.17, 15) is 9.59 Å². The molecule has 5 nitrogen and oxygen atoms in total. The first-order chi connectivity index (χ1) is 8.20. The number of rotatable bonds is 8. The highest BCUT2D eigenvalue weighted by molar-refractivity contribution is 5.76. The second-order valence-corrected chi connectivity index (χ2v) is 5.87. The van der Waals surface area contributed by atoms with Crippen LogP contribution in [0.1, 0.15) is 40.5 Å². The zero-order valence-corrected chi connectivity index (χ0v) is 11.8. The molecule has 0 rings (SSSR count). The molecule has 0 bridgehead atoms. The van der Waals surface area contributed by atoms with E-state index in [2.05, 4.69) is 33.0 Å². The minimum atomic E-state index is -1.000. The quantitative estimate of drug-likeness (QED) is 0.650. The first kappa shape index (κ1) is 16.9. The molecule has 0 spiro atoms. The molecule has 0 saturated carbocycles. The molecule has 0 radical (unpaired) electrons. The second-order valence-electron chi connectivity index (χ2n) is 5.87. The number of nitrogens with one attached hydrogen (secondary N) is 1. The Balaban J connectivity index is 3.62. The van der Waals surface area contributed by atoms with Crippen LogP contribution in [0.25, 0.3) is 0 Å². The summed E-state index contributed by atoms with van der Waals surface area (Å²) >= 11 is 0. The number of hydrogen-bond acceptors (Lipinski definition) is 3. The summed E-state index contributed by atoms with van der Waals surface area (Å²) in [6.45, 7) is 8.78. The van der Waals surface area contributed by atoms with E-state index >= 15 is 0 Å². The maximum absolute atomic E-state index is 11.6. The molecule has 0 aromatic carbocycles. The van der Waals surface area contributed by atoms with Gasteiger partial charge >= 0.3 is 5.97 Å². The van der Waals surface area contributed by atoms with Crippen LogP contribution in [0.4, 0.5) is 0 Å². The van der Waals surface area contributed by atoms with Gasteiger partial charge in [0.15, 0.2) is 0 Å². The van der Waals surface area contributed by atoms with Crippen molar-refractivity contribution in [2.24, 2.45) is 11.3 Å². The topological polar surface area (TPSA) is 75.6 Å². The molecule has 0 fully saturated rings. The number of carbonyl (C=O) groups excluding carboxylic acids is 1. The van der Waals surface area contributed by atoms with Gasteiger partial charge in [0, 0.05) is 13.0 Å². The summed E-state index contributed by atoms with van der Waals surface area (Å²) in [6, 6.07) is 0. The molecule has 0 saturated heterocycles. The van der Waals surface area contributed by atoms with Crippen LogP contribution < -0.4 is 5.32 Å². The maximum Gasteiger partial charge on any atom is 0.329 e. The Labute approximate surface area is 109 Å². The molecule has 5 heteroatoms. The van der Waals surface area contributed by atoms with Crippen LogP contribution in [0.15, 0.2) is 0 Å². The number of amides is 1. The first-order valence-corrected chi connectivity index (χ1v) is 6.27. The van der Waals surface area contributed by atoms with Gasteiger partial charge in [-0.25, -0.2) is 4.79 Å². The van der Waals surface area contributed by atoms with Crippen LogP contribution in [0.3, 0.4) is 0 Å². The van der Waals surface area contributed by atoms with Gasteiger partial charge in [0.05, 0.1) is 6.61 Å². The maximum atomic E-state index is 11.6. The van der Waals surface area contributed by atoms with Crippen molar-refractivity contribution in [3.8, 4) is 0 Å². The monoisotopic (exact) mass is 259 g/mol. The Hall–Kier alpha value is -1.10. The van der Waals surface area contributed by atoms with Crippen LogP contribution in [-0.2, 0) is 14.3 Å². The number of carboxylic acid groups (broad SMARTS) is 1. The summed E-state index contributed by atoms with van der Waals surface area (Å²) in [5.41, 5.74) is 0.226. The standard InChI is InChI=1S/C13H25NO4/c1-10(8-13(2,3)4)7-11(15)14-5-6-18-9-12(16)17/h10H,5-9H2,1-4H3,(H,14,15)(H,16,17). The van der Waals surface area contributed by atoms with Gasteiger partial charge in [-0.1, -0.05) is 27.7 Å². The molecule has 0 aromatic heterocycles. The molecule has 0 aliphatic carbocycles. The average molecular weight is 259 g/mol. The largest absolute Gasteiger partial charge is 0.480 e. The summed E-state index contributed by atoms with van der Waals surface area (Å²) in [5.74, 6) is -0.671. The molecule has 0 heterocycles. The molecule has 1 amide bonds. The van der Waals surface area contributed by atoms with Gasteiger partial charge in [-0.15, -0.1) is 0 Å². The van der Waals surface area contributed by atoms with E-state index in [1.807, 2.05) is 0 Å². The molecule has 0 aliphatic heterocycles. The number of aliphatic carboxylic acids is 1. The molecule has 1 unspecified atom stereocenters. The van der Waals surface area contributed by atoms with Crippen molar-refractivity contribution >= 4 is 11.9 Å². The predicted octanol–water partition coefficient (Wildman–Crippen LogP) is 1.67. The lowest BCUT2D eigenvalue weighted by Gasteiger charge is -2.22. The normalized spacial score (nSPS) is 13.1. The van der Waals surface area contributed by atoms with E-state index in [-0.39, 0.29) is 24.5 Å². The van der Waals surface area contributed by atoms with Crippen LogP contribution in [0.5, 0.6) is 0 Å². The van der Waals surface area contributed by atoms with Gasteiger partial charge in [-0.05, 0) is 17.8 Å². The Bertz CT molecular complexity index is 271. The van der Waals surface area contributed by atoms with Crippen LogP contribution in [0, 0.1) is 11.3 Å². The highest BCUT2D eigenvalue weighted by atomic mass is 16.5. The van der Waals surface area contributed by atoms with E-state index in [1.165, 1.54) is 0 Å². The highest BCUT2D eigenvalue weighted by Crippen LogP contribution is 2.25. The summed E-state index contributed by atoms with van der Waals surface area (Å²) in [7, 11) is 0. The zero-order chi connectivity index (χ0) is 14.2. The molecular formula is C13H25NO4. The lowest BCUT2D eigenvalue weighted by Crippen LogP contribution is -2.29. The third kappa shape index (κ3) is 11.4. The second kappa shape index (κ2) is 8.08. The summed E-state index contributed by atoms with van der Waals surface area (Å²) in [6.07, 6.45) is 1.49. The molecule has 0 aromatic rings. The zero-order valence-electron chi connectivity index (χ0n) is 11.8. The van der Waals surface area contributed by atoms with Crippen molar-refractivity contribution < 1.29 is 19.4 Å². The lowest BCUT2D eigenvalue weighted by molar-refractivity contribution is -0.142. The SMILES string of the molecule is CC(CC(=O)NCCOCC(=O)O)CC(C)(C)C. The Morgan fingerprint density at radius 2 is 1.94 bits per heavy atom. The van der Waals surface area contributed by atoms with Crippen LogP contribution in [-0.4, -0.2) is 36.7 Å². The van der Waals surface area contributed by atoms with Gasteiger partial charge in [0.1, 0.15) is 6.61 Å². The average Bonchev–Trinajstić information content (AvgIpc) is 2.12. The van der Waals surface area contributed by atoms with Crippen molar-refractivity contribution in [2.75, 3.05) is 19.8 Å². The van der Waals surface area contributed by atoms with Gasteiger partial charge in [-0.3, -0.25) is 4.79 Å². The van der Waals surface area contributed by atoms with Crippen molar-refractivity contribution in [3.63, 3.8) is 0 Å². The van der Waals surface area contributed by atoms with Crippen molar-refractivity contribution in [3.05, 3.63) is 0 Å². The summed E-state index contributed by atoms with van der Waals surface area (Å²) in [5, 5.41) is 11.1. The number of carboxylic acids is 1. The number of hydrogen-bond donors (Lipinski definition) is 2. The number of ether oxygens (including phenoxy) is 1. The number of carbonyl (C=O) groups is 2. The minimum Gasteiger partial charge on any atom is -0.480 e. The van der Waals surface area contributed by atoms with Crippen molar-refractivity contribution in [1.29, 1.82) is 0 Å². The van der Waals surface area contributed by atoms with Gasteiger partial charge in [0.2, 0.25) is 5.91 Å². The van der Waals surface area contributed by atoms with Crippen molar-refractivity contribution in [1.82, 2.24) is 5.32 Å². The molecule has 18 heavy (non-hydrogen) atoms. The third-order valence-electron chi connectivity index (χ3n) is 2.29. The smallest absolute Gasteiger partial charge is 0.329 e. The van der Waals surface area contributed by atoms with Crippen molar-refractivity contribution in [2.45, 2.75) is 40.5 Å². The minimum absolute atomic E-state index is 0.00863. The molecular weight excluding hydrogens is 234 g/mol. The van der Waals surface area contributed by atoms with E-state index in [4.69, 9.17) is 9.84 Å². The Kier molecular flexibility index (Phi) is 7.59. The van der Waals surface area contributed by atoms with Gasteiger partial charge < -0.3 is 15.2 Å². The van der Waals surface area contributed by atoms with E-state index in [0.29, 0.717) is 18.9 Å². The van der Waals surface area contributed by atoms with E-state index in [0.717, 1.165) is 6.42 Å². The first-order valence-electron chi connectivity index (χ1n) is 6.27. The predicted molar refractivity (Wildman–Crippen MR) is 69.3 cm³/mol. The van der Waals surface area contributed by atoms with E-state index < -0.39 is 5.97 Å². The fourth-order valence-electron chi connectivity index (χ4n) is 1.93. The van der Waals surface area contributed by atoms with Crippen LogP contribution >= 0.6 is 0 Å². The van der Waals surface area contributed by atoms with Gasteiger partial charge in [0.25, 0.3) is 0 Å². The fraction of sp³-hybridized carbons (Fsp3) is 0.846. The third-order valence-corrected chi connectivity index (χ3v) is 2.29. The fourth-order valence-corrected chi connectivity index (χ4v) is 1.93. The molecule has 106 valence electrons. The highest BCUT2D eigenvalue weighted by Gasteiger charge is 2.17. The van der Waals surface area contributed by atoms with Crippen LogP contribution in [0.2, 0.25) is 0 Å². The Morgan fingerprint density at radius 1 is 1.33 bits per heavy atom. The molecule has 2 N–H and O–H groups in total. The van der Waals surface area contributed by atoms with Gasteiger partial charge in [-0.2, -0.15) is 0 Å². The lowest BCUT2D eigenvalue weighted by atomic mass is 9.84. The molecule has 1 atom stereocenters. The summed E-state index contributed by atoms with van der Waals surface area (Å²) < 4.78 is 4.82. The molecule has 0 aliphatic rings. The van der Waals surface area contributed by atoms with E-state index in [1.54, 1.807) is 0 Å².